The van der Waals surface area contributed by atoms with Gasteiger partial charge in [-0.2, -0.15) is 5.26 Å². The topological polar surface area (TPSA) is 51.1 Å². The van der Waals surface area contributed by atoms with E-state index in [1.54, 1.807) is 22.7 Å². The third kappa shape index (κ3) is 6.45. The fraction of sp³-hybridized carbons (Fsp3) is 0. The lowest BCUT2D eigenvalue weighted by molar-refractivity contribution is 0.670. The van der Waals surface area contributed by atoms with Crippen LogP contribution in [0.15, 0.2) is 247 Å². The molecule has 0 atom stereocenters. The highest BCUT2D eigenvalue weighted by molar-refractivity contribution is 7.27. The second-order valence-electron chi connectivity index (χ2n) is 20.4. The minimum Gasteiger partial charge on any atom is -0.455 e. The molecule has 0 unspecified atom stereocenters. The van der Waals surface area contributed by atoms with Gasteiger partial charge in [0, 0.05) is 80.0 Å². The number of thiophene rings is 2. The molecular weight excluding hydrogens is 1020 g/mol. The third-order valence-corrected chi connectivity index (χ3v) is 18.6. The Morgan fingerprint density at radius 3 is 1.84 bits per heavy atom. The molecule has 0 bridgehead atoms. The fourth-order valence-electron chi connectivity index (χ4n) is 12.9. The number of furan rings is 1. The van der Waals surface area contributed by atoms with Crippen LogP contribution in [0.25, 0.3) is 167 Å². The quantitative estimate of drug-likeness (QED) is 0.156. The van der Waals surface area contributed by atoms with Crippen molar-refractivity contribution < 1.29 is 11.3 Å². The number of rotatable bonds is 6. The summed E-state index contributed by atoms with van der Waals surface area (Å²) in [5.74, 6) is 0. The lowest BCUT2D eigenvalue weighted by Gasteiger charge is -2.26. The van der Waals surface area contributed by atoms with Gasteiger partial charge < -0.3 is 13.6 Å². The second kappa shape index (κ2) is 17.5. The first kappa shape index (κ1) is 40.6. The number of hydrogen-bond acceptors (Lipinski definition) is 4. The number of benzene rings is 12. The zero-order valence-corrected chi connectivity index (χ0v) is 44.4. The first-order valence-corrected chi connectivity index (χ1v) is 28.2. The Labute approximate surface area is 478 Å². The zero-order chi connectivity index (χ0) is 57.8. The van der Waals surface area contributed by atoms with Crippen molar-refractivity contribution in [2.24, 2.45) is 0 Å². The van der Waals surface area contributed by atoms with E-state index in [1.165, 1.54) is 0 Å². The fourth-order valence-corrected chi connectivity index (χ4v) is 15.5. The molecule has 17 rings (SSSR count). The zero-order valence-electron chi connectivity index (χ0n) is 47.7. The number of nitriles is 1. The molecule has 0 aliphatic rings. The van der Waals surface area contributed by atoms with Crippen molar-refractivity contribution in [1.82, 2.24) is 9.13 Å². The van der Waals surface area contributed by atoms with Crippen LogP contribution in [0.5, 0.6) is 0 Å². The molecule has 17 aromatic rings. The van der Waals surface area contributed by atoms with E-state index in [-0.39, 0.29) is 17.6 Å². The second-order valence-corrected chi connectivity index (χ2v) is 22.5. The molecule has 0 saturated heterocycles. The summed E-state index contributed by atoms with van der Waals surface area (Å²) in [4.78, 5) is 4.60. The highest BCUT2D eigenvalue weighted by Crippen LogP contribution is 2.55. The predicted molar refractivity (Wildman–Crippen MR) is 341 cm³/mol. The van der Waals surface area contributed by atoms with Crippen LogP contribution in [0.1, 0.15) is 12.4 Å². The van der Waals surface area contributed by atoms with Crippen molar-refractivity contribution in [2.75, 3.05) is 0 Å². The Morgan fingerprint density at radius 2 is 1.06 bits per heavy atom. The van der Waals surface area contributed by atoms with Crippen molar-refractivity contribution in [3.63, 3.8) is 0 Å². The van der Waals surface area contributed by atoms with Gasteiger partial charge in [0.2, 0.25) is 5.69 Å². The number of hydrogen-bond donors (Lipinski definition) is 0. The molecule has 81 heavy (non-hydrogen) atoms. The minimum absolute atomic E-state index is 0.129. The lowest BCUT2D eigenvalue weighted by Crippen LogP contribution is -2.09. The summed E-state index contributed by atoms with van der Waals surface area (Å²) in [5, 5.41) is 22.1. The summed E-state index contributed by atoms with van der Waals surface area (Å²) in [5.41, 5.74) is 12.2. The Hall–Kier alpha value is -10.5. The van der Waals surface area contributed by atoms with Gasteiger partial charge in [0.25, 0.3) is 0 Å². The molecule has 0 aliphatic carbocycles. The Bertz CT molecular complexity index is 5910. The van der Waals surface area contributed by atoms with Crippen LogP contribution in [-0.4, -0.2) is 9.13 Å². The number of nitrogens with zero attached hydrogens (tertiary/aromatic N) is 4. The van der Waals surface area contributed by atoms with Crippen LogP contribution in [0.2, 0.25) is 0 Å². The lowest BCUT2D eigenvalue weighted by atomic mass is 9.88. The molecule has 5 heterocycles. The molecule has 0 N–H and O–H groups in total. The van der Waals surface area contributed by atoms with Crippen molar-refractivity contribution in [3.8, 4) is 62.0 Å². The van der Waals surface area contributed by atoms with Crippen LogP contribution >= 0.6 is 22.7 Å². The molecule has 0 aliphatic heterocycles. The largest absolute Gasteiger partial charge is 0.455 e. The molecule has 0 radical (unpaired) electrons. The van der Waals surface area contributed by atoms with Crippen molar-refractivity contribution in [1.29, 1.82) is 5.26 Å². The average molecular weight is 1070 g/mol. The van der Waals surface area contributed by atoms with Crippen LogP contribution in [-0.2, 0) is 0 Å². The van der Waals surface area contributed by atoms with Gasteiger partial charge in [-0.1, -0.05) is 206 Å². The van der Waals surface area contributed by atoms with Gasteiger partial charge in [0.15, 0.2) is 0 Å². The van der Waals surface area contributed by atoms with E-state index < -0.39 is 18.1 Å². The summed E-state index contributed by atoms with van der Waals surface area (Å²) in [6, 6.07) is 73.1. The molecule has 0 amide bonds. The maximum Gasteiger partial charge on any atom is 0.220 e. The highest BCUT2D eigenvalue weighted by atomic mass is 32.1. The Morgan fingerprint density at radius 1 is 0.457 bits per heavy atom. The minimum atomic E-state index is -0.451. The van der Waals surface area contributed by atoms with Crippen LogP contribution in [0.3, 0.4) is 0 Å². The standard InChI is InChI=1S/C74H40N4OS2/c1-76-67-64(44-21-7-3-8-22-44)58(42-75)68(78-69-52(36-38-55-51-27-13-16-33-62(51)80-73(55)69)53-37-39-56-66-47(43-19-5-2-6-20-43)28-18-34-63(66)81-74(56)70(53)78)65(45-23-9-4-10-24-45)71(67)77-59-31-14-11-25-49(59)57-41-46(35-40-60(57)77)48-29-17-30-54-50-26-12-15-32-61(50)79-72(48)54/h2-41H/i2D,5D,6D,19D,20D. The van der Waals surface area contributed by atoms with E-state index in [2.05, 4.69) is 141 Å². The summed E-state index contributed by atoms with van der Waals surface area (Å²) >= 11 is 3.28. The molecule has 5 nitrogen and oxygen atoms in total. The summed E-state index contributed by atoms with van der Waals surface area (Å²) in [6.07, 6.45) is 0. The van der Waals surface area contributed by atoms with Gasteiger partial charge in [-0.15, -0.1) is 22.7 Å². The molecule has 7 heteroatoms. The maximum absolute atomic E-state index is 12.4. The van der Waals surface area contributed by atoms with Gasteiger partial charge in [-0.25, -0.2) is 4.85 Å². The van der Waals surface area contributed by atoms with Crippen molar-refractivity contribution in [3.05, 3.63) is 260 Å². The van der Waals surface area contributed by atoms with Crippen molar-refractivity contribution >= 4 is 134 Å². The summed E-state index contributed by atoms with van der Waals surface area (Å²) in [7, 11) is 0. The molecule has 374 valence electrons. The van der Waals surface area contributed by atoms with E-state index >= 15 is 0 Å². The van der Waals surface area contributed by atoms with E-state index in [9.17, 15) is 14.6 Å². The number of aromatic nitrogens is 2. The van der Waals surface area contributed by atoms with Crippen LogP contribution in [0.4, 0.5) is 5.69 Å². The van der Waals surface area contributed by atoms with Crippen LogP contribution in [0, 0.1) is 17.9 Å². The first-order valence-electron chi connectivity index (χ1n) is 29.1. The average Bonchev–Trinajstić information content (AvgIpc) is 1.50. The normalized spacial score (nSPS) is 12.8. The maximum atomic E-state index is 12.4. The van der Waals surface area contributed by atoms with E-state index in [4.69, 9.17) is 8.53 Å². The van der Waals surface area contributed by atoms with Crippen LogP contribution < -0.4 is 0 Å². The molecule has 12 aromatic carbocycles. The van der Waals surface area contributed by atoms with Gasteiger partial charge >= 0.3 is 0 Å². The number of fused-ring (bicyclic) bond motifs is 17. The van der Waals surface area contributed by atoms with Gasteiger partial charge in [-0.3, -0.25) is 0 Å². The molecular formula is C74H40N4OS2. The summed E-state index contributed by atoms with van der Waals surface area (Å²) in [6.45, 7) is 9.53. The highest BCUT2D eigenvalue weighted by Gasteiger charge is 2.33. The Balaban J connectivity index is 1.08. The smallest absolute Gasteiger partial charge is 0.220 e. The van der Waals surface area contributed by atoms with E-state index in [0.717, 1.165) is 123 Å². The Kier molecular flexibility index (Phi) is 8.77. The van der Waals surface area contributed by atoms with Crippen molar-refractivity contribution in [2.45, 2.75) is 0 Å². The predicted octanol–water partition coefficient (Wildman–Crippen LogP) is 21.6. The van der Waals surface area contributed by atoms with Gasteiger partial charge in [0.05, 0.1) is 61.8 Å². The molecule has 5 aromatic heterocycles. The SMILES string of the molecule is [2H]c1c([2H])c([2H])c(-c2cccc3sc4c(ccc5c6ccc7c8ccccc8sc7c6n(-c6c(C#N)c(-c7ccccc7)c([N+]#[C-])c(-n7c8ccccc8c8cc(-c9cccc%10c9oc9ccccc9%10)ccc87)c6-c6ccccc6)c54)c23)c([2H])c1[2H]. The van der Waals surface area contributed by atoms with E-state index in [0.29, 0.717) is 44.9 Å². The molecule has 0 spiro atoms. The van der Waals surface area contributed by atoms with Gasteiger partial charge in [0.1, 0.15) is 17.2 Å². The monoisotopic (exact) mass is 1070 g/mol. The summed E-state index contributed by atoms with van der Waals surface area (Å²) < 4.78 is 59.5. The molecule has 0 saturated carbocycles. The van der Waals surface area contributed by atoms with E-state index in [1.807, 2.05) is 91.0 Å². The third-order valence-electron chi connectivity index (χ3n) is 16.3. The molecule has 0 fully saturated rings. The van der Waals surface area contributed by atoms with Gasteiger partial charge in [-0.05, 0) is 64.2 Å². The first-order chi connectivity index (χ1) is 42.2. The number of para-hydroxylation sites is 3.